The van der Waals surface area contributed by atoms with Crippen molar-refractivity contribution in [2.75, 3.05) is 13.2 Å². The summed E-state index contributed by atoms with van der Waals surface area (Å²) in [5.74, 6) is 1.18. The van der Waals surface area contributed by atoms with E-state index in [-0.39, 0.29) is 23.6 Å². The molecule has 0 spiro atoms. The van der Waals surface area contributed by atoms with Crippen LogP contribution in [0.1, 0.15) is 81.4 Å². The molecule has 8 heteroatoms. The molecule has 1 aliphatic carbocycles. The fraction of sp³-hybridized carbons (Fsp3) is 0.615. The third-order valence-electron chi connectivity index (χ3n) is 7.48. The van der Waals surface area contributed by atoms with Crippen molar-refractivity contribution >= 4 is 10.9 Å². The summed E-state index contributed by atoms with van der Waals surface area (Å²) in [7, 11) is 0. The Kier molecular flexibility index (Phi) is 6.79. The van der Waals surface area contributed by atoms with E-state index >= 15 is 0 Å². The van der Waals surface area contributed by atoms with Crippen LogP contribution < -0.4 is 5.56 Å². The number of rotatable bonds is 8. The molecule has 3 aromatic rings. The van der Waals surface area contributed by atoms with Gasteiger partial charge >= 0.3 is 0 Å². The lowest BCUT2D eigenvalue weighted by molar-refractivity contribution is 0.0379. The van der Waals surface area contributed by atoms with Crippen molar-refractivity contribution in [3.8, 4) is 0 Å². The van der Waals surface area contributed by atoms with E-state index in [0.29, 0.717) is 12.6 Å². The predicted octanol–water partition coefficient (Wildman–Crippen LogP) is 4.32. The average molecular weight is 465 g/mol. The summed E-state index contributed by atoms with van der Waals surface area (Å²) in [6, 6.07) is 8.53. The normalized spacial score (nSPS) is 20.2. The molecular weight excluding hydrogens is 428 g/mol. The summed E-state index contributed by atoms with van der Waals surface area (Å²) in [6.07, 6.45) is 6.99. The fourth-order valence-corrected chi connectivity index (χ4v) is 5.78. The molecule has 182 valence electrons. The minimum atomic E-state index is -0.0305. The third kappa shape index (κ3) is 4.66. The quantitative estimate of drug-likeness (QED) is 0.534. The fourth-order valence-electron chi connectivity index (χ4n) is 5.78. The minimum absolute atomic E-state index is 0.00703. The number of fused-ring (bicyclic) bond motifs is 1. The Morgan fingerprint density at radius 2 is 2.03 bits per heavy atom. The summed E-state index contributed by atoms with van der Waals surface area (Å²) >= 11 is 0. The second kappa shape index (κ2) is 9.96. The zero-order valence-electron chi connectivity index (χ0n) is 20.5. The third-order valence-corrected chi connectivity index (χ3v) is 7.48. The average Bonchev–Trinajstić information content (AvgIpc) is 3.58. The van der Waals surface area contributed by atoms with Gasteiger partial charge in [-0.25, -0.2) is 4.68 Å². The van der Waals surface area contributed by atoms with Gasteiger partial charge in [-0.2, -0.15) is 0 Å². The summed E-state index contributed by atoms with van der Waals surface area (Å²) in [4.78, 5) is 18.7. The topological polar surface area (TPSA) is 88.9 Å². The highest BCUT2D eigenvalue weighted by molar-refractivity contribution is 5.81. The lowest BCUT2D eigenvalue weighted by atomic mass is 9.99. The van der Waals surface area contributed by atoms with Crippen molar-refractivity contribution < 1.29 is 4.74 Å². The molecule has 1 aromatic carbocycles. The Morgan fingerprint density at radius 1 is 1.21 bits per heavy atom. The van der Waals surface area contributed by atoms with E-state index in [4.69, 9.17) is 4.74 Å². The molecular formula is C26H36N6O2. The number of H-pyrrole nitrogens is 1. The number of benzene rings is 1. The number of ether oxygens (including phenoxy) is 1. The Bertz CT molecular complexity index is 1170. The molecule has 5 rings (SSSR count). The maximum absolute atomic E-state index is 13.2. The van der Waals surface area contributed by atoms with Crippen LogP contribution in [0, 0.1) is 12.8 Å². The van der Waals surface area contributed by atoms with Gasteiger partial charge in [0.25, 0.3) is 5.56 Å². The van der Waals surface area contributed by atoms with Gasteiger partial charge in [-0.05, 0) is 66.0 Å². The van der Waals surface area contributed by atoms with Crippen LogP contribution in [-0.4, -0.2) is 49.3 Å². The molecule has 0 unspecified atom stereocenters. The van der Waals surface area contributed by atoms with Gasteiger partial charge < -0.3 is 9.72 Å². The van der Waals surface area contributed by atoms with Gasteiger partial charge in [-0.15, -0.1) is 5.10 Å². The summed E-state index contributed by atoms with van der Waals surface area (Å²) < 4.78 is 8.09. The number of nitrogens with zero attached hydrogens (tertiary/aromatic N) is 5. The lowest BCUT2D eigenvalue weighted by Gasteiger charge is -2.35. The van der Waals surface area contributed by atoms with Crippen molar-refractivity contribution in [1.82, 2.24) is 30.1 Å². The molecule has 2 aromatic heterocycles. The molecule has 1 N–H and O–H groups in total. The van der Waals surface area contributed by atoms with Crippen LogP contribution in [0.3, 0.4) is 0 Å². The molecule has 2 fully saturated rings. The van der Waals surface area contributed by atoms with Gasteiger partial charge in [-0.1, -0.05) is 44.9 Å². The highest BCUT2D eigenvalue weighted by atomic mass is 16.5. The predicted molar refractivity (Wildman–Crippen MR) is 132 cm³/mol. The van der Waals surface area contributed by atoms with Gasteiger partial charge in [0.2, 0.25) is 0 Å². The second-order valence-corrected chi connectivity index (χ2v) is 10.3. The van der Waals surface area contributed by atoms with Crippen molar-refractivity contribution in [3.05, 3.63) is 51.6 Å². The van der Waals surface area contributed by atoms with E-state index in [1.165, 1.54) is 12.8 Å². The van der Waals surface area contributed by atoms with Crippen molar-refractivity contribution in [3.63, 3.8) is 0 Å². The van der Waals surface area contributed by atoms with E-state index in [1.54, 1.807) is 0 Å². The number of aromatic nitrogens is 5. The van der Waals surface area contributed by atoms with Gasteiger partial charge in [0, 0.05) is 25.3 Å². The number of para-hydroxylation sites is 1. The molecule has 2 aliphatic rings. The van der Waals surface area contributed by atoms with E-state index < -0.39 is 0 Å². The van der Waals surface area contributed by atoms with Gasteiger partial charge in [-0.3, -0.25) is 9.69 Å². The smallest absolute Gasteiger partial charge is 0.252 e. The highest BCUT2D eigenvalue weighted by Crippen LogP contribution is 2.35. The number of hydrogen-bond acceptors (Lipinski definition) is 6. The molecule has 1 saturated heterocycles. The number of pyridine rings is 1. The van der Waals surface area contributed by atoms with Crippen molar-refractivity contribution in [2.45, 2.75) is 84.0 Å². The molecule has 8 nitrogen and oxygen atoms in total. The monoisotopic (exact) mass is 464 g/mol. The van der Waals surface area contributed by atoms with Crippen LogP contribution >= 0.6 is 0 Å². The first kappa shape index (κ1) is 23.2. The lowest BCUT2D eigenvalue weighted by Crippen LogP contribution is -2.40. The van der Waals surface area contributed by atoms with Crippen LogP contribution in [0.15, 0.2) is 29.1 Å². The maximum Gasteiger partial charge on any atom is 0.252 e. The number of nitrogens with one attached hydrogen (secondary N) is 1. The number of aryl methyl sites for hydroxylation is 1. The summed E-state index contributed by atoms with van der Waals surface area (Å²) in [5.41, 5.74) is 2.72. The Morgan fingerprint density at radius 3 is 2.76 bits per heavy atom. The zero-order valence-corrected chi connectivity index (χ0v) is 20.5. The Labute approximate surface area is 200 Å². The van der Waals surface area contributed by atoms with Gasteiger partial charge in [0.15, 0.2) is 5.82 Å². The van der Waals surface area contributed by atoms with Crippen molar-refractivity contribution in [2.24, 2.45) is 5.92 Å². The standard InChI is InChI=1S/C26H36N6O2/c1-17(2)24(25-28-29-30-32(25)21-10-4-5-11-21)31(16-22-12-7-13-34-22)15-20-14-19-9-6-8-18(3)23(19)27-26(20)33/h6,8-9,14,17,21-22,24H,4-5,7,10-13,15-16H2,1-3H3,(H,27,33)/t22-,24-/m0/s1. The first-order valence-electron chi connectivity index (χ1n) is 12.8. The zero-order chi connectivity index (χ0) is 23.7. The van der Waals surface area contributed by atoms with E-state index in [2.05, 4.69) is 50.0 Å². The Balaban J connectivity index is 1.52. The van der Waals surface area contributed by atoms with Gasteiger partial charge in [0.1, 0.15) is 0 Å². The number of hydrogen-bond donors (Lipinski definition) is 1. The number of tetrazole rings is 1. The summed E-state index contributed by atoms with van der Waals surface area (Å²) in [5, 5.41) is 14.1. The molecule has 0 bridgehead atoms. The molecule has 3 heterocycles. The molecule has 1 aliphatic heterocycles. The minimum Gasteiger partial charge on any atom is -0.377 e. The van der Waals surface area contributed by atoms with Crippen molar-refractivity contribution in [1.29, 1.82) is 0 Å². The molecule has 0 amide bonds. The summed E-state index contributed by atoms with van der Waals surface area (Å²) in [6.45, 7) is 8.55. The van der Waals surface area contributed by atoms with Gasteiger partial charge in [0.05, 0.1) is 23.7 Å². The highest BCUT2D eigenvalue weighted by Gasteiger charge is 2.34. The van der Waals surface area contributed by atoms with Crippen LogP contribution in [0.5, 0.6) is 0 Å². The number of aromatic amines is 1. The molecule has 0 radical (unpaired) electrons. The van der Waals surface area contributed by atoms with Crippen LogP contribution in [0.2, 0.25) is 0 Å². The van der Waals surface area contributed by atoms with Crippen LogP contribution in [0.25, 0.3) is 10.9 Å². The first-order chi connectivity index (χ1) is 16.5. The first-order valence-corrected chi connectivity index (χ1v) is 12.8. The van der Waals surface area contributed by atoms with E-state index in [9.17, 15) is 4.79 Å². The second-order valence-electron chi connectivity index (χ2n) is 10.3. The molecule has 1 saturated carbocycles. The maximum atomic E-state index is 13.2. The molecule has 2 atom stereocenters. The SMILES string of the molecule is Cc1cccc2cc(CN(C[C@@H]3CCCO3)[C@H](c3nnnn3C3CCCC3)C(C)C)c(=O)[nH]c12. The van der Waals surface area contributed by atoms with E-state index in [0.717, 1.165) is 66.7 Å². The Hall–Kier alpha value is -2.58. The van der Waals surface area contributed by atoms with Crippen LogP contribution in [0.4, 0.5) is 0 Å². The largest absolute Gasteiger partial charge is 0.377 e. The van der Waals surface area contributed by atoms with Crippen LogP contribution in [-0.2, 0) is 11.3 Å². The molecule has 34 heavy (non-hydrogen) atoms. The van der Waals surface area contributed by atoms with E-state index in [1.807, 2.05) is 25.1 Å².